The second kappa shape index (κ2) is 10.6. The summed E-state index contributed by atoms with van der Waals surface area (Å²) in [6.07, 6.45) is 0. The maximum absolute atomic E-state index is 12.9. The van der Waals surface area contributed by atoms with Gasteiger partial charge < -0.3 is 5.32 Å². The van der Waals surface area contributed by atoms with E-state index in [0.717, 1.165) is 16.7 Å². The second-order valence-corrected chi connectivity index (χ2v) is 10.8. The molecule has 0 aliphatic carbocycles. The average molecular weight is 509 g/mol. The van der Waals surface area contributed by atoms with E-state index in [9.17, 15) is 23.3 Å². The number of carbonyl (C=O) groups excluding carboxylic acids is 1. The summed E-state index contributed by atoms with van der Waals surface area (Å²) in [5.41, 5.74) is 3.41. The van der Waals surface area contributed by atoms with Gasteiger partial charge in [-0.25, -0.2) is 8.42 Å². The molecule has 1 heterocycles. The van der Waals surface area contributed by atoms with Crippen molar-refractivity contribution in [2.75, 3.05) is 31.5 Å². The molecule has 3 aromatic carbocycles. The molecule has 0 bridgehead atoms. The van der Waals surface area contributed by atoms with E-state index in [2.05, 4.69) is 10.2 Å². The molecule has 9 nitrogen and oxygen atoms in total. The summed E-state index contributed by atoms with van der Waals surface area (Å²) in [4.78, 5) is 25.9. The van der Waals surface area contributed by atoms with Gasteiger partial charge in [-0.05, 0) is 49.2 Å². The van der Waals surface area contributed by atoms with Gasteiger partial charge in [-0.2, -0.15) is 4.31 Å². The Bertz CT molecular complexity index is 1380. The summed E-state index contributed by atoms with van der Waals surface area (Å²) in [5, 5.41) is 13.8. The first-order chi connectivity index (χ1) is 17.1. The van der Waals surface area contributed by atoms with Crippen molar-refractivity contribution in [2.24, 2.45) is 0 Å². The van der Waals surface area contributed by atoms with Gasteiger partial charge in [0.25, 0.3) is 11.6 Å². The number of nitrogens with zero attached hydrogens (tertiary/aromatic N) is 3. The molecule has 1 aliphatic heterocycles. The first kappa shape index (κ1) is 25.5. The van der Waals surface area contributed by atoms with Crippen molar-refractivity contribution in [1.29, 1.82) is 0 Å². The molecule has 1 fully saturated rings. The third kappa shape index (κ3) is 5.78. The number of hydrogen-bond donors (Lipinski definition) is 1. The molecule has 0 radical (unpaired) electrons. The van der Waals surface area contributed by atoms with Crippen LogP contribution in [0.25, 0.3) is 0 Å². The van der Waals surface area contributed by atoms with E-state index < -0.39 is 14.9 Å². The maximum Gasteiger partial charge on any atom is 0.271 e. The summed E-state index contributed by atoms with van der Waals surface area (Å²) in [7, 11) is -3.52. The molecule has 0 saturated carbocycles. The van der Waals surface area contributed by atoms with Gasteiger partial charge in [-0.1, -0.05) is 35.9 Å². The smallest absolute Gasteiger partial charge is 0.271 e. The first-order valence-corrected chi connectivity index (χ1v) is 13.0. The minimum atomic E-state index is -3.52. The number of benzene rings is 3. The zero-order chi connectivity index (χ0) is 25.9. The van der Waals surface area contributed by atoms with Crippen molar-refractivity contribution < 1.29 is 18.1 Å². The highest BCUT2D eigenvalue weighted by Crippen LogP contribution is 2.23. The summed E-state index contributed by atoms with van der Waals surface area (Å²) in [6.45, 7) is 6.21. The molecule has 4 rings (SSSR count). The van der Waals surface area contributed by atoms with Crippen molar-refractivity contribution in [3.8, 4) is 0 Å². The van der Waals surface area contributed by atoms with Gasteiger partial charge in [0.2, 0.25) is 10.0 Å². The quantitative estimate of drug-likeness (QED) is 0.382. The Morgan fingerprint density at radius 1 is 0.972 bits per heavy atom. The van der Waals surface area contributed by atoms with Gasteiger partial charge in [-0.15, -0.1) is 0 Å². The number of amides is 1. The Kier molecular flexibility index (Phi) is 7.48. The van der Waals surface area contributed by atoms with Crippen LogP contribution < -0.4 is 5.32 Å². The van der Waals surface area contributed by atoms with Gasteiger partial charge in [0.15, 0.2) is 0 Å². The highest BCUT2D eigenvalue weighted by Gasteiger charge is 2.28. The molecular weight excluding hydrogens is 480 g/mol. The monoisotopic (exact) mass is 508 g/mol. The van der Waals surface area contributed by atoms with E-state index >= 15 is 0 Å². The number of carbonyl (C=O) groups is 1. The fourth-order valence-corrected chi connectivity index (χ4v) is 5.53. The fraction of sp³-hybridized carbons (Fsp3) is 0.269. The normalized spacial score (nSPS) is 14.9. The van der Waals surface area contributed by atoms with Crippen LogP contribution in [0.5, 0.6) is 0 Å². The Labute approximate surface area is 210 Å². The number of nitro benzene ring substituents is 1. The Hall–Kier alpha value is -3.60. The van der Waals surface area contributed by atoms with Crippen LogP contribution in [0.15, 0.2) is 71.6 Å². The molecule has 1 saturated heterocycles. The lowest BCUT2D eigenvalue weighted by Crippen LogP contribution is -2.48. The molecule has 10 heteroatoms. The molecule has 1 aliphatic rings. The van der Waals surface area contributed by atoms with Crippen molar-refractivity contribution in [2.45, 2.75) is 25.3 Å². The molecule has 1 N–H and O–H groups in total. The van der Waals surface area contributed by atoms with E-state index in [0.29, 0.717) is 48.9 Å². The standard InChI is InChI=1S/C26H28N4O5S/c1-19-6-10-24(11-7-19)36(34,35)29-14-12-28(13-15-29)18-21-4-3-5-22(16-21)26(31)27-25-17-23(30(32)33)9-8-20(25)2/h3-11,16-17H,12-15,18H2,1-2H3,(H,27,31). The van der Waals surface area contributed by atoms with Gasteiger partial charge in [0.1, 0.15) is 0 Å². The lowest BCUT2D eigenvalue weighted by Gasteiger charge is -2.34. The number of piperazine rings is 1. The van der Waals surface area contributed by atoms with Crippen LogP contribution in [-0.2, 0) is 16.6 Å². The maximum atomic E-state index is 12.9. The van der Waals surface area contributed by atoms with Crippen molar-refractivity contribution in [3.63, 3.8) is 0 Å². The molecule has 188 valence electrons. The van der Waals surface area contributed by atoms with Crippen molar-refractivity contribution in [1.82, 2.24) is 9.21 Å². The first-order valence-electron chi connectivity index (χ1n) is 11.6. The predicted molar refractivity (Wildman–Crippen MR) is 137 cm³/mol. The second-order valence-electron chi connectivity index (χ2n) is 8.90. The van der Waals surface area contributed by atoms with Crippen LogP contribution in [0.2, 0.25) is 0 Å². The highest BCUT2D eigenvalue weighted by atomic mass is 32.2. The van der Waals surface area contributed by atoms with Crippen LogP contribution in [-0.4, -0.2) is 54.6 Å². The van der Waals surface area contributed by atoms with E-state index in [1.807, 2.05) is 13.0 Å². The molecule has 0 atom stereocenters. The Morgan fingerprint density at radius 2 is 1.67 bits per heavy atom. The third-order valence-electron chi connectivity index (χ3n) is 6.27. The zero-order valence-corrected chi connectivity index (χ0v) is 21.0. The average Bonchev–Trinajstić information content (AvgIpc) is 2.86. The fourth-order valence-electron chi connectivity index (χ4n) is 4.11. The number of aryl methyl sites for hydroxylation is 2. The van der Waals surface area contributed by atoms with Crippen LogP contribution in [0.1, 0.15) is 27.0 Å². The van der Waals surface area contributed by atoms with E-state index in [1.54, 1.807) is 55.5 Å². The number of rotatable bonds is 7. The van der Waals surface area contributed by atoms with E-state index in [-0.39, 0.29) is 11.6 Å². The number of nitrogens with one attached hydrogen (secondary N) is 1. The molecule has 0 aromatic heterocycles. The van der Waals surface area contributed by atoms with Crippen LogP contribution in [0.3, 0.4) is 0 Å². The Morgan fingerprint density at radius 3 is 2.33 bits per heavy atom. The van der Waals surface area contributed by atoms with Gasteiger partial charge in [0.05, 0.1) is 15.5 Å². The number of anilines is 1. The Balaban J connectivity index is 1.38. The third-order valence-corrected chi connectivity index (χ3v) is 8.18. The number of nitro groups is 1. The number of hydrogen-bond acceptors (Lipinski definition) is 6. The highest BCUT2D eigenvalue weighted by molar-refractivity contribution is 7.89. The lowest BCUT2D eigenvalue weighted by atomic mass is 10.1. The van der Waals surface area contributed by atoms with Crippen molar-refractivity contribution >= 4 is 27.3 Å². The molecule has 36 heavy (non-hydrogen) atoms. The SMILES string of the molecule is Cc1ccc(S(=O)(=O)N2CCN(Cc3cccc(C(=O)Nc4cc([N+](=O)[O-])ccc4C)c3)CC2)cc1. The van der Waals surface area contributed by atoms with Gasteiger partial charge >= 0.3 is 0 Å². The van der Waals surface area contributed by atoms with E-state index in [1.165, 1.54) is 16.4 Å². The molecule has 3 aromatic rings. The predicted octanol–water partition coefficient (Wildman–Crippen LogP) is 3.97. The van der Waals surface area contributed by atoms with Gasteiger partial charge in [-0.3, -0.25) is 19.8 Å². The van der Waals surface area contributed by atoms with E-state index in [4.69, 9.17) is 0 Å². The van der Waals surface area contributed by atoms with Gasteiger partial charge in [0, 0.05) is 50.4 Å². The molecule has 0 spiro atoms. The van der Waals surface area contributed by atoms with Crippen LogP contribution in [0, 0.1) is 24.0 Å². The molecule has 0 unspecified atom stereocenters. The van der Waals surface area contributed by atoms with Crippen molar-refractivity contribution in [3.05, 3.63) is 99.1 Å². The minimum Gasteiger partial charge on any atom is -0.321 e. The summed E-state index contributed by atoms with van der Waals surface area (Å²) < 4.78 is 27.4. The summed E-state index contributed by atoms with van der Waals surface area (Å²) >= 11 is 0. The zero-order valence-electron chi connectivity index (χ0n) is 20.2. The number of sulfonamides is 1. The summed E-state index contributed by atoms with van der Waals surface area (Å²) in [5.74, 6) is -0.352. The minimum absolute atomic E-state index is 0.0896. The number of non-ortho nitro benzene ring substituents is 1. The molecule has 1 amide bonds. The molecular formula is C26H28N4O5S. The largest absolute Gasteiger partial charge is 0.321 e. The van der Waals surface area contributed by atoms with Crippen LogP contribution in [0.4, 0.5) is 11.4 Å². The topological polar surface area (TPSA) is 113 Å². The lowest BCUT2D eigenvalue weighted by molar-refractivity contribution is -0.384. The van der Waals surface area contributed by atoms with Crippen LogP contribution >= 0.6 is 0 Å². The summed E-state index contributed by atoms with van der Waals surface area (Å²) in [6, 6.07) is 18.4.